The fourth-order valence-corrected chi connectivity index (χ4v) is 2.65. The Morgan fingerprint density at radius 1 is 1.47 bits per heavy atom. The van der Waals surface area contributed by atoms with Crippen LogP contribution in [0, 0.1) is 11.7 Å². The SMILES string of the molecule is CC1CCCC1NC(=O)c1cccc(Br)c1F. The van der Waals surface area contributed by atoms with Gasteiger partial charge in [-0.15, -0.1) is 0 Å². The molecular weight excluding hydrogens is 285 g/mol. The minimum Gasteiger partial charge on any atom is -0.349 e. The summed E-state index contributed by atoms with van der Waals surface area (Å²) in [7, 11) is 0. The lowest BCUT2D eigenvalue weighted by atomic mass is 10.1. The van der Waals surface area contributed by atoms with E-state index in [0.717, 1.165) is 19.3 Å². The predicted molar refractivity (Wildman–Crippen MR) is 68.4 cm³/mol. The van der Waals surface area contributed by atoms with Gasteiger partial charge in [0.1, 0.15) is 5.82 Å². The molecule has 1 aliphatic carbocycles. The highest BCUT2D eigenvalue weighted by atomic mass is 79.9. The maximum atomic E-state index is 13.7. The summed E-state index contributed by atoms with van der Waals surface area (Å²) in [5, 5.41) is 2.91. The number of nitrogens with one attached hydrogen (secondary N) is 1. The van der Waals surface area contributed by atoms with E-state index >= 15 is 0 Å². The molecule has 0 bridgehead atoms. The number of hydrogen-bond acceptors (Lipinski definition) is 1. The summed E-state index contributed by atoms with van der Waals surface area (Å²) < 4.78 is 14.0. The standard InChI is InChI=1S/C13H15BrFNO/c1-8-4-2-7-11(8)16-13(17)9-5-3-6-10(14)12(9)15/h3,5-6,8,11H,2,4,7H2,1H3,(H,16,17). The van der Waals surface area contributed by atoms with Gasteiger partial charge in [-0.25, -0.2) is 4.39 Å². The normalized spacial score (nSPS) is 23.7. The molecule has 0 spiro atoms. The van der Waals surface area contributed by atoms with Gasteiger partial charge in [-0.1, -0.05) is 19.4 Å². The lowest BCUT2D eigenvalue weighted by Gasteiger charge is -2.17. The van der Waals surface area contributed by atoms with Crippen molar-refractivity contribution >= 4 is 21.8 Å². The highest BCUT2D eigenvalue weighted by Crippen LogP contribution is 2.25. The van der Waals surface area contributed by atoms with Gasteiger partial charge >= 0.3 is 0 Å². The van der Waals surface area contributed by atoms with Crippen molar-refractivity contribution in [2.45, 2.75) is 32.2 Å². The van der Waals surface area contributed by atoms with Gasteiger partial charge in [0, 0.05) is 6.04 Å². The van der Waals surface area contributed by atoms with Crippen LogP contribution in [0.4, 0.5) is 4.39 Å². The number of halogens is 2. The molecule has 17 heavy (non-hydrogen) atoms. The zero-order valence-electron chi connectivity index (χ0n) is 9.67. The monoisotopic (exact) mass is 299 g/mol. The van der Waals surface area contributed by atoms with E-state index in [0.29, 0.717) is 10.4 Å². The third kappa shape index (κ3) is 2.68. The molecule has 2 unspecified atom stereocenters. The van der Waals surface area contributed by atoms with Gasteiger partial charge in [-0.05, 0) is 46.8 Å². The Hall–Kier alpha value is -0.900. The fraction of sp³-hybridized carbons (Fsp3) is 0.462. The van der Waals surface area contributed by atoms with Crippen LogP contribution in [0.1, 0.15) is 36.5 Å². The van der Waals surface area contributed by atoms with Crippen molar-refractivity contribution in [3.8, 4) is 0 Å². The molecule has 2 rings (SSSR count). The zero-order valence-corrected chi connectivity index (χ0v) is 11.3. The molecule has 1 fully saturated rings. The number of hydrogen-bond donors (Lipinski definition) is 1. The molecule has 1 aromatic rings. The van der Waals surface area contributed by atoms with Crippen molar-refractivity contribution in [2.75, 3.05) is 0 Å². The van der Waals surface area contributed by atoms with Gasteiger partial charge < -0.3 is 5.32 Å². The number of carbonyl (C=O) groups is 1. The first-order chi connectivity index (χ1) is 8.09. The minimum absolute atomic E-state index is 0.110. The third-order valence-electron chi connectivity index (χ3n) is 3.37. The molecule has 4 heteroatoms. The van der Waals surface area contributed by atoms with E-state index in [4.69, 9.17) is 0 Å². The van der Waals surface area contributed by atoms with Crippen LogP contribution in [-0.2, 0) is 0 Å². The molecule has 1 N–H and O–H groups in total. The van der Waals surface area contributed by atoms with Crippen LogP contribution in [0.25, 0.3) is 0 Å². The molecule has 0 heterocycles. The van der Waals surface area contributed by atoms with E-state index in [1.54, 1.807) is 12.1 Å². The first-order valence-corrected chi connectivity index (χ1v) is 6.63. The van der Waals surface area contributed by atoms with Gasteiger partial charge in [0.15, 0.2) is 0 Å². The Morgan fingerprint density at radius 2 is 2.24 bits per heavy atom. The molecular formula is C13H15BrFNO. The molecule has 2 nitrogen and oxygen atoms in total. The summed E-state index contributed by atoms with van der Waals surface area (Å²) in [5.74, 6) is -0.327. The summed E-state index contributed by atoms with van der Waals surface area (Å²) in [6.07, 6.45) is 3.25. The lowest BCUT2D eigenvalue weighted by Crippen LogP contribution is -2.36. The maximum Gasteiger partial charge on any atom is 0.254 e. The van der Waals surface area contributed by atoms with E-state index in [9.17, 15) is 9.18 Å². The quantitative estimate of drug-likeness (QED) is 0.890. The van der Waals surface area contributed by atoms with Gasteiger partial charge in [0.05, 0.1) is 10.0 Å². The molecule has 0 radical (unpaired) electrons. The van der Waals surface area contributed by atoms with Gasteiger partial charge in [0.25, 0.3) is 5.91 Å². The van der Waals surface area contributed by atoms with E-state index in [2.05, 4.69) is 28.2 Å². The number of benzene rings is 1. The summed E-state index contributed by atoms with van der Waals surface area (Å²) in [5.41, 5.74) is 0.110. The average molecular weight is 300 g/mol. The first-order valence-electron chi connectivity index (χ1n) is 5.84. The van der Waals surface area contributed by atoms with Crippen LogP contribution in [0.3, 0.4) is 0 Å². The topological polar surface area (TPSA) is 29.1 Å². The number of rotatable bonds is 2. The van der Waals surface area contributed by atoms with E-state index < -0.39 is 5.82 Å². The van der Waals surface area contributed by atoms with Crippen molar-refractivity contribution in [3.63, 3.8) is 0 Å². The molecule has 0 aromatic heterocycles. The van der Waals surface area contributed by atoms with Crippen LogP contribution in [0.15, 0.2) is 22.7 Å². The maximum absolute atomic E-state index is 13.7. The lowest BCUT2D eigenvalue weighted by molar-refractivity contribution is 0.0925. The van der Waals surface area contributed by atoms with Crippen LogP contribution < -0.4 is 5.32 Å². The average Bonchev–Trinajstić information content (AvgIpc) is 2.68. The van der Waals surface area contributed by atoms with Crippen molar-refractivity contribution in [2.24, 2.45) is 5.92 Å². The summed E-state index contributed by atoms with van der Waals surface area (Å²) in [6.45, 7) is 2.12. The van der Waals surface area contributed by atoms with Crippen molar-refractivity contribution in [3.05, 3.63) is 34.1 Å². The van der Waals surface area contributed by atoms with Gasteiger partial charge in [0.2, 0.25) is 0 Å². The second-order valence-electron chi connectivity index (χ2n) is 4.59. The Bertz CT molecular complexity index is 435. The Balaban J connectivity index is 2.12. The summed E-state index contributed by atoms with van der Waals surface area (Å²) in [6, 6.07) is 4.94. The Morgan fingerprint density at radius 3 is 2.88 bits per heavy atom. The second-order valence-corrected chi connectivity index (χ2v) is 5.44. The molecule has 2 atom stereocenters. The van der Waals surface area contributed by atoms with Crippen molar-refractivity contribution < 1.29 is 9.18 Å². The number of amides is 1. The smallest absolute Gasteiger partial charge is 0.254 e. The zero-order chi connectivity index (χ0) is 12.4. The molecule has 0 saturated heterocycles. The highest BCUT2D eigenvalue weighted by molar-refractivity contribution is 9.10. The Labute approximate surface area is 109 Å². The molecule has 0 aliphatic heterocycles. The van der Waals surface area contributed by atoms with Crippen LogP contribution in [-0.4, -0.2) is 11.9 Å². The van der Waals surface area contributed by atoms with E-state index in [-0.39, 0.29) is 17.5 Å². The highest BCUT2D eigenvalue weighted by Gasteiger charge is 2.26. The fourth-order valence-electron chi connectivity index (χ4n) is 2.29. The second kappa shape index (κ2) is 5.17. The van der Waals surface area contributed by atoms with Gasteiger partial charge in [-0.3, -0.25) is 4.79 Å². The Kier molecular flexibility index (Phi) is 3.82. The van der Waals surface area contributed by atoms with E-state index in [1.807, 2.05) is 0 Å². The van der Waals surface area contributed by atoms with Gasteiger partial charge in [-0.2, -0.15) is 0 Å². The third-order valence-corrected chi connectivity index (χ3v) is 3.99. The summed E-state index contributed by atoms with van der Waals surface area (Å²) >= 11 is 3.08. The summed E-state index contributed by atoms with van der Waals surface area (Å²) in [4.78, 5) is 11.9. The molecule has 1 amide bonds. The van der Waals surface area contributed by atoms with Crippen LogP contribution in [0.2, 0.25) is 0 Å². The molecule has 1 aliphatic rings. The van der Waals surface area contributed by atoms with Crippen LogP contribution >= 0.6 is 15.9 Å². The molecule has 92 valence electrons. The first kappa shape index (κ1) is 12.6. The minimum atomic E-state index is -0.490. The molecule has 1 aromatic carbocycles. The largest absolute Gasteiger partial charge is 0.349 e. The van der Waals surface area contributed by atoms with Crippen LogP contribution in [0.5, 0.6) is 0 Å². The van der Waals surface area contributed by atoms with E-state index in [1.165, 1.54) is 6.07 Å². The molecule has 1 saturated carbocycles. The van der Waals surface area contributed by atoms with Crippen molar-refractivity contribution in [1.82, 2.24) is 5.32 Å². The predicted octanol–water partition coefficient (Wildman–Crippen LogP) is 3.51. The van der Waals surface area contributed by atoms with Crippen molar-refractivity contribution in [1.29, 1.82) is 0 Å². The number of carbonyl (C=O) groups excluding carboxylic acids is 1.